The Labute approximate surface area is 200 Å². The van der Waals surface area contributed by atoms with E-state index in [0.29, 0.717) is 5.75 Å². The molecule has 0 aliphatic carbocycles. The highest BCUT2D eigenvalue weighted by atomic mass is 31.2. The summed E-state index contributed by atoms with van der Waals surface area (Å²) in [5, 5.41) is 2.74. The van der Waals surface area contributed by atoms with Gasteiger partial charge in [0.2, 0.25) is 5.82 Å². The van der Waals surface area contributed by atoms with Gasteiger partial charge in [0.15, 0.2) is 0 Å². The zero-order chi connectivity index (χ0) is 25.3. The smallest absolute Gasteiger partial charge is 0.328 e. The summed E-state index contributed by atoms with van der Waals surface area (Å²) < 4.78 is 39.0. The topological polar surface area (TPSA) is 119 Å². The first kappa shape index (κ1) is 25.9. The molecular weight excluding hydrogens is 476 g/mol. The Morgan fingerprint density at radius 2 is 1.77 bits per heavy atom. The first-order valence-electron chi connectivity index (χ1n) is 10.7. The van der Waals surface area contributed by atoms with Gasteiger partial charge in [0.05, 0.1) is 12.4 Å². The normalized spacial score (nSPS) is 13.8. The number of carbonyl (C=O) groups excluding carboxylic acids is 1. The van der Waals surface area contributed by atoms with Gasteiger partial charge in [-0.05, 0) is 24.6 Å². The van der Waals surface area contributed by atoms with E-state index in [4.69, 9.17) is 9.26 Å². The first-order chi connectivity index (χ1) is 16.8. The van der Waals surface area contributed by atoms with Gasteiger partial charge in [0.1, 0.15) is 18.4 Å². The van der Waals surface area contributed by atoms with E-state index in [9.17, 15) is 23.3 Å². The van der Waals surface area contributed by atoms with Gasteiger partial charge in [-0.2, -0.15) is 4.39 Å². The van der Waals surface area contributed by atoms with Crippen molar-refractivity contribution in [3.05, 3.63) is 111 Å². The fraction of sp³-hybridized carbons (Fsp3) is 0.208. The van der Waals surface area contributed by atoms with Gasteiger partial charge in [0, 0.05) is 6.54 Å². The summed E-state index contributed by atoms with van der Waals surface area (Å²) in [7, 11) is -3.65. The maximum absolute atomic E-state index is 13.6. The van der Waals surface area contributed by atoms with Gasteiger partial charge in [0.25, 0.3) is 5.56 Å². The number of hydrogen-bond donors (Lipinski definition) is 2. The van der Waals surface area contributed by atoms with Crippen molar-refractivity contribution >= 4 is 13.5 Å². The average Bonchev–Trinajstić information content (AvgIpc) is 2.84. The first-order valence-corrected chi connectivity index (χ1v) is 12.5. The molecule has 1 aromatic heterocycles. The van der Waals surface area contributed by atoms with E-state index in [-0.39, 0.29) is 19.3 Å². The lowest BCUT2D eigenvalue weighted by Crippen LogP contribution is -2.35. The standard InChI is InChI=1S/C24H25FN3O6P/c1-18(23(30)33-17-19-10-4-2-5-11-19)27-35(32,34-20-12-6-3-7-13-20)15-9-8-14-28-16-21(25)22(29)26-24(28)31/h2-13,16,18H,14-15,17H2,1H3,(H,27,32)(H,26,29,31)/b9-8+/t18-,35?/m0/s1. The Hall–Kier alpha value is -3.75. The summed E-state index contributed by atoms with van der Waals surface area (Å²) in [5.41, 5.74) is -1.07. The molecule has 0 spiro atoms. The van der Waals surface area contributed by atoms with Gasteiger partial charge in [-0.3, -0.25) is 23.7 Å². The molecule has 0 aliphatic heterocycles. The third kappa shape index (κ3) is 7.91. The van der Waals surface area contributed by atoms with E-state index in [2.05, 4.69) is 5.09 Å². The van der Waals surface area contributed by atoms with E-state index in [1.54, 1.807) is 30.3 Å². The van der Waals surface area contributed by atoms with Crippen LogP contribution in [0.4, 0.5) is 4.39 Å². The largest absolute Gasteiger partial charge is 0.460 e. The predicted octanol–water partition coefficient (Wildman–Crippen LogP) is 3.23. The number of para-hydroxylation sites is 1. The minimum atomic E-state index is -3.65. The van der Waals surface area contributed by atoms with Crippen LogP contribution in [0.1, 0.15) is 12.5 Å². The van der Waals surface area contributed by atoms with Crippen molar-refractivity contribution in [3.63, 3.8) is 0 Å². The summed E-state index contributed by atoms with van der Waals surface area (Å²) in [5.74, 6) is -1.37. The van der Waals surface area contributed by atoms with Crippen LogP contribution in [0, 0.1) is 5.82 Å². The quantitative estimate of drug-likeness (QED) is 0.235. The average molecular weight is 501 g/mol. The van der Waals surface area contributed by atoms with Crippen molar-refractivity contribution in [2.45, 2.75) is 26.1 Å². The number of carbonyl (C=O) groups is 1. The summed E-state index contributed by atoms with van der Waals surface area (Å²) in [6, 6.07) is 16.6. The predicted molar refractivity (Wildman–Crippen MR) is 129 cm³/mol. The number of rotatable bonds is 11. The fourth-order valence-electron chi connectivity index (χ4n) is 2.99. The maximum atomic E-state index is 13.6. The van der Waals surface area contributed by atoms with E-state index >= 15 is 0 Å². The number of hydrogen-bond acceptors (Lipinski definition) is 6. The van der Waals surface area contributed by atoms with Gasteiger partial charge < -0.3 is 9.26 Å². The molecule has 3 aromatic rings. The number of H-pyrrole nitrogens is 1. The molecule has 2 N–H and O–H groups in total. The van der Waals surface area contributed by atoms with Crippen LogP contribution in [0.15, 0.2) is 88.6 Å². The van der Waals surface area contributed by atoms with Crippen molar-refractivity contribution < 1.29 is 23.0 Å². The van der Waals surface area contributed by atoms with Crippen LogP contribution in [-0.2, 0) is 27.2 Å². The number of aromatic amines is 1. The lowest BCUT2D eigenvalue weighted by atomic mass is 10.2. The second-order valence-corrected chi connectivity index (χ2v) is 9.72. The molecule has 11 heteroatoms. The van der Waals surface area contributed by atoms with Crippen molar-refractivity contribution in [2.75, 3.05) is 6.16 Å². The SMILES string of the molecule is C[C@H](NP(=O)(C/C=C/Cn1cc(F)c(=O)[nH]c1=O)Oc1ccccc1)C(=O)OCc1ccccc1. The van der Waals surface area contributed by atoms with Crippen LogP contribution in [0.25, 0.3) is 0 Å². The molecule has 0 amide bonds. The van der Waals surface area contributed by atoms with E-state index < -0.39 is 36.6 Å². The molecule has 1 heterocycles. The minimum Gasteiger partial charge on any atom is -0.460 e. The van der Waals surface area contributed by atoms with Crippen molar-refractivity contribution in [1.82, 2.24) is 14.6 Å². The lowest BCUT2D eigenvalue weighted by Gasteiger charge is -2.22. The number of aromatic nitrogens is 2. The molecule has 0 fully saturated rings. The Morgan fingerprint density at radius 1 is 1.11 bits per heavy atom. The van der Waals surface area contributed by atoms with E-state index in [1.165, 1.54) is 19.1 Å². The third-order valence-electron chi connectivity index (χ3n) is 4.75. The number of ether oxygens (including phenoxy) is 1. The summed E-state index contributed by atoms with van der Waals surface area (Å²) in [4.78, 5) is 37.3. The second-order valence-electron chi connectivity index (χ2n) is 7.56. The molecule has 0 saturated carbocycles. The van der Waals surface area contributed by atoms with Crippen LogP contribution in [0.2, 0.25) is 0 Å². The molecule has 2 atom stereocenters. The van der Waals surface area contributed by atoms with E-state index in [0.717, 1.165) is 16.3 Å². The number of nitrogens with one attached hydrogen (secondary N) is 2. The van der Waals surface area contributed by atoms with Gasteiger partial charge in [-0.1, -0.05) is 60.7 Å². The number of benzene rings is 2. The minimum absolute atomic E-state index is 0.0694. The zero-order valence-corrected chi connectivity index (χ0v) is 19.8. The van der Waals surface area contributed by atoms with Gasteiger partial charge in [-0.15, -0.1) is 0 Å². The van der Waals surface area contributed by atoms with Crippen LogP contribution in [-0.4, -0.2) is 27.7 Å². The number of nitrogens with zero attached hydrogens (tertiary/aromatic N) is 1. The highest BCUT2D eigenvalue weighted by molar-refractivity contribution is 7.57. The Bertz CT molecular complexity index is 1320. The highest BCUT2D eigenvalue weighted by Crippen LogP contribution is 2.43. The molecule has 3 rings (SSSR count). The molecule has 0 radical (unpaired) electrons. The molecule has 0 bridgehead atoms. The highest BCUT2D eigenvalue weighted by Gasteiger charge is 2.29. The monoisotopic (exact) mass is 501 g/mol. The van der Waals surface area contributed by atoms with Crippen molar-refractivity contribution in [3.8, 4) is 5.75 Å². The lowest BCUT2D eigenvalue weighted by molar-refractivity contribution is -0.146. The third-order valence-corrected chi connectivity index (χ3v) is 6.72. The van der Waals surface area contributed by atoms with Crippen LogP contribution < -0.4 is 20.9 Å². The number of esters is 1. The molecule has 0 saturated heterocycles. The van der Waals surface area contributed by atoms with E-state index in [1.807, 2.05) is 35.3 Å². The fourth-order valence-corrected chi connectivity index (χ4v) is 4.81. The molecule has 2 aromatic carbocycles. The molecular formula is C24H25FN3O6P. The Balaban J connectivity index is 1.68. The second kappa shape index (κ2) is 12.1. The molecule has 0 aliphatic rings. The Morgan fingerprint density at radius 3 is 2.46 bits per heavy atom. The zero-order valence-electron chi connectivity index (χ0n) is 18.9. The van der Waals surface area contributed by atoms with Gasteiger partial charge in [-0.25, -0.2) is 9.88 Å². The van der Waals surface area contributed by atoms with Crippen LogP contribution in [0.3, 0.4) is 0 Å². The Kier molecular flexibility index (Phi) is 8.94. The van der Waals surface area contributed by atoms with Crippen molar-refractivity contribution in [2.24, 2.45) is 0 Å². The van der Waals surface area contributed by atoms with Gasteiger partial charge >= 0.3 is 19.2 Å². The maximum Gasteiger partial charge on any atom is 0.328 e. The van der Waals surface area contributed by atoms with Crippen molar-refractivity contribution in [1.29, 1.82) is 0 Å². The molecule has 9 nitrogen and oxygen atoms in total. The summed E-state index contributed by atoms with van der Waals surface area (Å²) in [6.07, 6.45) is 3.60. The molecule has 1 unspecified atom stereocenters. The number of halogens is 1. The van der Waals surface area contributed by atoms with Crippen LogP contribution >= 0.6 is 7.52 Å². The molecule has 35 heavy (non-hydrogen) atoms. The number of allylic oxidation sites excluding steroid dienone is 2. The van der Waals surface area contributed by atoms with Crippen LogP contribution in [0.5, 0.6) is 5.75 Å². The summed E-state index contributed by atoms with van der Waals surface area (Å²) >= 11 is 0. The molecule has 184 valence electrons. The summed E-state index contributed by atoms with van der Waals surface area (Å²) in [6.45, 7) is 1.51.